The Morgan fingerprint density at radius 3 is 1.06 bits per heavy atom. The van der Waals surface area contributed by atoms with Crippen molar-refractivity contribution in [1.82, 2.24) is 0 Å². The van der Waals surface area contributed by atoms with Crippen LogP contribution < -0.4 is 0 Å². The van der Waals surface area contributed by atoms with Crippen LogP contribution in [0.4, 0.5) is 0 Å². The normalized spacial score (nSPS) is 16.1. The van der Waals surface area contributed by atoms with Crippen molar-refractivity contribution < 1.29 is 40.8 Å². The molecule has 0 bridgehead atoms. The molecule has 0 saturated carbocycles. The van der Waals surface area contributed by atoms with Crippen molar-refractivity contribution >= 4 is 22.8 Å². The molecular formula is C18H32N3O9P3. The second kappa shape index (κ2) is 14.3. The minimum atomic E-state index is -4.86. The van der Waals surface area contributed by atoms with Gasteiger partial charge in [-0.25, -0.2) is 0 Å². The van der Waals surface area contributed by atoms with Crippen molar-refractivity contribution in [2.75, 3.05) is 39.6 Å². The molecule has 0 amide bonds. The Kier molecular flexibility index (Phi) is 13.9. The maximum atomic E-state index is 14.1. The highest BCUT2D eigenvalue weighted by Crippen LogP contribution is 2.75. The Morgan fingerprint density at radius 2 is 0.879 bits per heavy atom. The van der Waals surface area contributed by atoms with E-state index in [1.807, 2.05) is 0 Å². The molecule has 0 aromatic heterocycles. The summed E-state index contributed by atoms with van der Waals surface area (Å²) < 4.78 is 73.3. The van der Waals surface area contributed by atoms with Gasteiger partial charge in [0.1, 0.15) is 0 Å². The van der Waals surface area contributed by atoms with E-state index in [4.69, 9.17) is 27.1 Å². The molecule has 0 saturated heterocycles. The molecular weight excluding hydrogens is 495 g/mol. The summed E-state index contributed by atoms with van der Waals surface area (Å²) in [7, 11) is -14.0. The van der Waals surface area contributed by atoms with E-state index < -0.39 is 39.3 Å². The molecule has 0 aliphatic carbocycles. The molecule has 0 aliphatic rings. The predicted molar refractivity (Wildman–Crippen MR) is 120 cm³/mol. The number of hydrogen-bond donors (Lipinski definition) is 0. The summed E-state index contributed by atoms with van der Waals surface area (Å²) in [6.45, 7) is 7.32. The predicted octanol–water partition coefficient (Wildman–Crippen LogP) is 4.83. The standard InChI is InChI=1S/C18H32N3O9P3/c1-7-25-31(22,26-8-2)16(13-19)18(15-21,33(24,29-11-5)30-12-6)17(14-20)32(23,27-9-3)28-10-4/h16-17H,7-12H2,1-6H3. The molecule has 0 fully saturated rings. The van der Waals surface area contributed by atoms with Crippen LogP contribution in [0, 0.1) is 34.0 Å². The molecule has 0 aromatic carbocycles. The van der Waals surface area contributed by atoms with E-state index in [9.17, 15) is 29.5 Å². The zero-order valence-electron chi connectivity index (χ0n) is 19.8. The van der Waals surface area contributed by atoms with E-state index in [1.54, 1.807) is 18.2 Å². The van der Waals surface area contributed by atoms with E-state index in [0.717, 1.165) is 0 Å². The lowest BCUT2D eigenvalue weighted by Crippen LogP contribution is -2.51. The maximum Gasteiger partial charge on any atom is 0.354 e. The van der Waals surface area contributed by atoms with Crippen LogP contribution >= 0.6 is 22.8 Å². The van der Waals surface area contributed by atoms with Crippen LogP contribution in [0.3, 0.4) is 0 Å². The third-order valence-electron chi connectivity index (χ3n) is 4.18. The van der Waals surface area contributed by atoms with Gasteiger partial charge in [-0.05, 0) is 41.5 Å². The zero-order valence-corrected chi connectivity index (χ0v) is 22.4. The molecule has 2 atom stereocenters. The van der Waals surface area contributed by atoms with Gasteiger partial charge in [0.15, 0.2) is 11.3 Å². The first kappa shape index (κ1) is 31.9. The van der Waals surface area contributed by atoms with Crippen LogP contribution in [0.1, 0.15) is 41.5 Å². The third-order valence-corrected chi connectivity index (χ3v) is 12.1. The molecule has 0 aromatic rings. The molecule has 33 heavy (non-hydrogen) atoms. The summed E-state index contributed by atoms with van der Waals surface area (Å²) in [5.74, 6) is 0. The fraction of sp³-hybridized carbons (Fsp3) is 0.833. The second-order valence-corrected chi connectivity index (χ2v) is 12.6. The summed E-state index contributed by atoms with van der Waals surface area (Å²) in [5.41, 5.74) is -4.42. The van der Waals surface area contributed by atoms with Gasteiger partial charge in [0.25, 0.3) is 0 Å². The van der Waals surface area contributed by atoms with E-state index >= 15 is 0 Å². The molecule has 0 N–H and O–H groups in total. The van der Waals surface area contributed by atoms with Gasteiger partial charge in [0.05, 0.1) is 57.8 Å². The lowest BCUT2D eigenvalue weighted by Gasteiger charge is -2.41. The average molecular weight is 527 g/mol. The first-order chi connectivity index (χ1) is 15.6. The van der Waals surface area contributed by atoms with Gasteiger partial charge < -0.3 is 27.1 Å². The van der Waals surface area contributed by atoms with Crippen molar-refractivity contribution in [1.29, 1.82) is 15.8 Å². The number of nitriles is 3. The van der Waals surface area contributed by atoms with Crippen LogP contribution in [-0.2, 0) is 40.8 Å². The summed E-state index contributed by atoms with van der Waals surface area (Å²) in [6, 6.07) is 4.94. The molecule has 0 rings (SSSR count). The summed E-state index contributed by atoms with van der Waals surface area (Å²) in [4.78, 5) is 0. The molecule has 15 heteroatoms. The highest BCUT2D eigenvalue weighted by atomic mass is 31.2. The number of rotatable bonds is 17. The molecule has 0 aliphatic heterocycles. The van der Waals surface area contributed by atoms with Gasteiger partial charge in [0, 0.05) is 0 Å². The molecule has 2 unspecified atom stereocenters. The first-order valence-corrected chi connectivity index (χ1v) is 15.2. The molecule has 188 valence electrons. The molecule has 0 spiro atoms. The summed E-state index contributed by atoms with van der Waals surface area (Å²) >= 11 is 0. The summed E-state index contributed by atoms with van der Waals surface area (Å²) in [6.07, 6.45) is 0. The minimum Gasteiger partial charge on any atom is -0.308 e. The van der Waals surface area contributed by atoms with Gasteiger partial charge in [-0.15, -0.1) is 0 Å². The highest BCUT2D eigenvalue weighted by molar-refractivity contribution is 7.63. The van der Waals surface area contributed by atoms with Crippen LogP contribution in [0.5, 0.6) is 0 Å². The maximum absolute atomic E-state index is 14.1. The van der Waals surface area contributed by atoms with Crippen LogP contribution in [0.2, 0.25) is 0 Å². The van der Waals surface area contributed by atoms with Gasteiger partial charge in [-0.2, -0.15) is 15.8 Å². The Bertz CT molecular complexity index is 815. The van der Waals surface area contributed by atoms with Gasteiger partial charge in [-0.1, -0.05) is 0 Å². The van der Waals surface area contributed by atoms with Crippen molar-refractivity contribution in [3.63, 3.8) is 0 Å². The summed E-state index contributed by atoms with van der Waals surface area (Å²) in [5, 5.41) is 27.7. The van der Waals surface area contributed by atoms with Crippen molar-refractivity contribution in [2.24, 2.45) is 0 Å². The van der Waals surface area contributed by atoms with Gasteiger partial charge in [0.2, 0.25) is 5.16 Å². The van der Waals surface area contributed by atoms with Crippen molar-refractivity contribution in [3.8, 4) is 18.2 Å². The van der Waals surface area contributed by atoms with Crippen molar-refractivity contribution in [2.45, 2.75) is 58.0 Å². The van der Waals surface area contributed by atoms with Crippen LogP contribution in [0.25, 0.3) is 0 Å². The third kappa shape index (κ3) is 6.53. The van der Waals surface area contributed by atoms with E-state index in [-0.39, 0.29) is 39.6 Å². The molecule has 0 radical (unpaired) electrons. The number of nitrogens with zero attached hydrogens (tertiary/aromatic N) is 3. The Labute approximate surface area is 195 Å². The zero-order chi connectivity index (χ0) is 25.8. The minimum absolute atomic E-state index is 0.212. The molecule has 12 nitrogen and oxygen atoms in total. The lowest BCUT2D eigenvalue weighted by atomic mass is 10.0. The SMILES string of the molecule is CCOP(=O)(OCC)C(C#N)C(C#N)(C(C#N)P(=O)(OCC)OCC)P(=O)(OCC)OCC. The van der Waals surface area contributed by atoms with E-state index in [1.165, 1.54) is 41.5 Å². The molecule has 0 heterocycles. The smallest absolute Gasteiger partial charge is 0.308 e. The monoisotopic (exact) mass is 527 g/mol. The number of hydrogen-bond acceptors (Lipinski definition) is 12. The largest absolute Gasteiger partial charge is 0.354 e. The Morgan fingerprint density at radius 1 is 0.606 bits per heavy atom. The quantitative estimate of drug-likeness (QED) is 0.236. The highest BCUT2D eigenvalue weighted by Gasteiger charge is 2.73. The average Bonchev–Trinajstić information content (AvgIpc) is 2.74. The van der Waals surface area contributed by atoms with Gasteiger partial charge >= 0.3 is 22.8 Å². The lowest BCUT2D eigenvalue weighted by molar-refractivity contribution is 0.182. The Hall–Kier alpha value is -1.08. The van der Waals surface area contributed by atoms with Crippen LogP contribution in [0.15, 0.2) is 0 Å². The second-order valence-electron chi connectivity index (χ2n) is 6.08. The van der Waals surface area contributed by atoms with Gasteiger partial charge in [-0.3, -0.25) is 13.7 Å². The Balaban J connectivity index is 7.73. The fourth-order valence-electron chi connectivity index (χ4n) is 3.14. The fourth-order valence-corrected chi connectivity index (χ4v) is 10.8. The first-order valence-electron chi connectivity index (χ1n) is 10.4. The van der Waals surface area contributed by atoms with Crippen molar-refractivity contribution in [3.05, 3.63) is 0 Å². The topological polar surface area (TPSA) is 178 Å². The van der Waals surface area contributed by atoms with E-state index in [0.29, 0.717) is 0 Å². The van der Waals surface area contributed by atoms with Crippen LogP contribution in [-0.4, -0.2) is 56.1 Å². The van der Waals surface area contributed by atoms with E-state index in [2.05, 4.69) is 0 Å².